The third kappa shape index (κ3) is 20.0. The van der Waals surface area contributed by atoms with Crippen LogP contribution in [0, 0.1) is 12.8 Å². The minimum atomic E-state index is -2.38. The van der Waals surface area contributed by atoms with Crippen LogP contribution < -0.4 is 62.5 Å². The molecule has 35 nitrogen and oxygen atoms in total. The van der Waals surface area contributed by atoms with Gasteiger partial charge >= 0.3 is 5.97 Å². The Balaban J connectivity index is 1.00. The van der Waals surface area contributed by atoms with E-state index in [1.165, 1.54) is 25.2 Å². The van der Waals surface area contributed by atoms with Crippen molar-refractivity contribution < 1.29 is 118 Å². The number of fused-ring (bicyclic) bond motifs is 15. The number of amides is 7. The molecule has 20 N–H and O–H groups in total. The maximum atomic E-state index is 16.4. The van der Waals surface area contributed by atoms with Crippen molar-refractivity contribution in [3.05, 3.63) is 188 Å². The highest BCUT2D eigenvalue weighted by molar-refractivity contribution is 7.99. The van der Waals surface area contributed by atoms with E-state index in [2.05, 4.69) is 52.5 Å². The number of nitrogens with zero attached hydrogens (tertiary/aromatic N) is 2. The van der Waals surface area contributed by atoms with E-state index in [4.69, 9.17) is 69.0 Å². The number of aliphatic hydroxyl groups is 5. The number of carboxylic acids is 1. The number of carbonyl (C=O) groups excluding carboxylic acids is 7. The molecule has 8 aromatic rings. The zero-order chi connectivity index (χ0) is 88.5. The molecule has 39 heteroatoms. The number of primary amides is 1. The lowest BCUT2D eigenvalue weighted by atomic mass is 9.84. The molecular weight excluding hydrogens is 1690 g/mol. The van der Waals surface area contributed by atoms with Crippen LogP contribution in [0.2, 0.25) is 15.1 Å². The number of phenolic OH excluding ortho intramolecular Hbond substituents is 3. The first-order valence-corrected chi connectivity index (χ1v) is 40.9. The van der Waals surface area contributed by atoms with Crippen LogP contribution in [0.25, 0.3) is 22.3 Å². The van der Waals surface area contributed by atoms with Crippen molar-refractivity contribution in [2.75, 3.05) is 12.8 Å². The van der Waals surface area contributed by atoms with Gasteiger partial charge in [0, 0.05) is 63.8 Å². The van der Waals surface area contributed by atoms with E-state index in [0.717, 1.165) is 95.2 Å². The number of phenols is 3. The molecular formula is C84H88Cl3N11O24S. The number of thioether (sulfide) groups is 1. The molecule has 0 saturated carbocycles. The van der Waals surface area contributed by atoms with Crippen molar-refractivity contribution in [3.63, 3.8) is 0 Å². The van der Waals surface area contributed by atoms with E-state index < -0.39 is 236 Å². The topological polar surface area (TPSA) is 542 Å². The molecule has 650 valence electrons. The normalized spacial score (nSPS) is 26.2. The second-order valence-electron chi connectivity index (χ2n) is 31.0. The summed E-state index contributed by atoms with van der Waals surface area (Å²) in [5.41, 5.74) is 4.65. The highest BCUT2D eigenvalue weighted by atomic mass is 35.5. The van der Waals surface area contributed by atoms with Crippen LogP contribution in [-0.4, -0.2) is 200 Å². The van der Waals surface area contributed by atoms with Crippen LogP contribution >= 0.6 is 46.6 Å². The number of carboxylic acid groups (broad SMARTS) is 1. The number of benzene rings is 7. The molecule has 0 radical (unpaired) electrons. The average molecular weight is 1770 g/mol. The van der Waals surface area contributed by atoms with E-state index in [1.807, 2.05) is 50.2 Å². The molecule has 7 aromatic carbocycles. The van der Waals surface area contributed by atoms with Gasteiger partial charge in [0.25, 0.3) is 0 Å². The number of aliphatic hydroxyl groups excluding tert-OH is 5. The zero-order valence-electron chi connectivity index (χ0n) is 66.3. The van der Waals surface area contributed by atoms with E-state index >= 15 is 24.0 Å². The highest BCUT2D eigenvalue weighted by Crippen LogP contribution is 2.50. The van der Waals surface area contributed by atoms with Crippen molar-refractivity contribution in [3.8, 4) is 74.1 Å². The molecule has 7 aliphatic rings. The lowest BCUT2D eigenvalue weighted by molar-refractivity contribution is -0.330. The number of hydrogen-bond donors (Lipinski definition) is 19. The largest absolute Gasteiger partial charge is 0.508 e. The number of nitrogens with one attached hydrogen (secondary N) is 8. The number of aryl methyl sites for hydroxylation is 1. The van der Waals surface area contributed by atoms with E-state index in [1.54, 1.807) is 32.9 Å². The quantitative estimate of drug-likeness (QED) is 0.0333. The van der Waals surface area contributed by atoms with Gasteiger partial charge in [-0.15, -0.1) is 0 Å². The molecule has 0 unspecified atom stereocenters. The maximum Gasteiger partial charge on any atom is 0.330 e. The predicted octanol–water partition coefficient (Wildman–Crippen LogP) is 5.86. The number of aromatic nitrogens is 2. The minimum absolute atomic E-state index is 0.00306. The standard InChI is InChI=1S/C84H88Cl3N11O24S/c1-34(2)21-50(89-6)75(109)97-66-68(104)41-14-19-54(48(86)24-41)118-56-26-43-27-57(72(56)122-82-73(71(107)70(106)58(120-82)33-123-83-91-35(3)22-60(103)93-83)121-61-31-84(5,74(108)36(4)117-61)90-32-37-7-9-38(10-8-37)39-11-16-44(85)17-12-39)119-55-20-15-42(25-49(55)87)69(105)67-80(114)96-65(81(115)116)47-28-45(99)29-53(101)62(47)46-23-40(13-18-52(46)100)63(77(111)98-67)95-78(112)64(43)94-76(110)51(30-59(88)102)92-79(66)113/h7-20,22-29,34,36,50-51,58,61,63-71,73-74,82,89-90,99-101,104-108H,21,30-33H2,1-6H3,(H2,88,102)(H,92,113)(H,94,110)(H,95,112)(H,96,114)(H,97,109)(H,98,111)(H,115,116)(H,91,93,103)/t36-,50+,51-,58+,61-,63+,64+,65-,66+,67-,68+,69+,70+,71-,73+,74+,82-,84-/m0/s1. The Labute approximate surface area is 721 Å². The summed E-state index contributed by atoms with van der Waals surface area (Å²) < 4.78 is 40.6. The summed E-state index contributed by atoms with van der Waals surface area (Å²) in [5, 5.41) is 139. The summed E-state index contributed by atoms with van der Waals surface area (Å²) >= 11 is 21.5. The van der Waals surface area contributed by atoms with Crippen LogP contribution in [-0.2, 0) is 59.1 Å². The maximum absolute atomic E-state index is 16.4. The monoisotopic (exact) mass is 1770 g/mol. The van der Waals surface area contributed by atoms with Gasteiger partial charge in [-0.2, -0.15) is 4.98 Å². The van der Waals surface area contributed by atoms with Gasteiger partial charge in [-0.05, 0) is 146 Å². The summed E-state index contributed by atoms with van der Waals surface area (Å²) in [6, 6.07) is 15.6. The Bertz CT molecular complexity index is 5380. The molecule has 11 bridgehead atoms. The number of nitrogens with two attached hydrogens (primary N) is 1. The van der Waals surface area contributed by atoms with E-state index in [-0.39, 0.29) is 63.7 Å². The Morgan fingerprint density at radius 3 is 1.91 bits per heavy atom. The number of carbonyl (C=O) groups is 8. The van der Waals surface area contributed by atoms with Crippen molar-refractivity contribution in [2.24, 2.45) is 11.7 Å². The lowest BCUT2D eigenvalue weighted by Gasteiger charge is -2.48. The molecule has 18 atom stereocenters. The second kappa shape index (κ2) is 37.5. The third-order valence-electron chi connectivity index (χ3n) is 21.6. The van der Waals surface area contributed by atoms with Crippen molar-refractivity contribution in [2.45, 2.75) is 175 Å². The molecule has 2 saturated heterocycles. The lowest BCUT2D eigenvalue weighted by Crippen LogP contribution is -2.65. The van der Waals surface area contributed by atoms with Crippen LogP contribution in [0.3, 0.4) is 0 Å². The van der Waals surface area contributed by atoms with E-state index in [0.29, 0.717) is 10.7 Å². The molecule has 2 fully saturated rings. The molecule has 7 amide bonds. The van der Waals surface area contributed by atoms with Gasteiger partial charge in [0.15, 0.2) is 35.1 Å². The number of rotatable bonds is 19. The van der Waals surface area contributed by atoms with Gasteiger partial charge in [-0.25, -0.2) is 9.78 Å². The van der Waals surface area contributed by atoms with Crippen LogP contribution in [0.15, 0.2) is 139 Å². The van der Waals surface area contributed by atoms with Gasteiger partial charge in [0.2, 0.25) is 59.3 Å². The van der Waals surface area contributed by atoms with Gasteiger partial charge < -0.3 is 128 Å². The predicted molar refractivity (Wildman–Crippen MR) is 441 cm³/mol. The summed E-state index contributed by atoms with van der Waals surface area (Å²) in [6.07, 6.45) is -18.6. The molecule has 8 heterocycles. The number of likely N-dealkylation sites (N-methyl/N-ethyl adjacent to an activating group) is 1. The third-order valence-corrected chi connectivity index (χ3v) is 23.4. The fourth-order valence-electron chi connectivity index (χ4n) is 15.1. The van der Waals surface area contributed by atoms with Crippen molar-refractivity contribution in [1.82, 2.24) is 52.5 Å². The van der Waals surface area contributed by atoms with Crippen LogP contribution in [0.5, 0.6) is 51.9 Å². The Morgan fingerprint density at radius 1 is 0.675 bits per heavy atom. The SMILES string of the molecule is CN[C@H](CC(C)C)C(=O)N[C@H]1C(=O)N[C@@H](CC(N)=O)C(=O)N[C@H]2C(=O)N[C@H]3C(=O)N[C@H](C(=O)N[C@H](C(=O)O)c4cc(O)cc(O)c4-c4cc3ccc4O)[C@H](O)c3ccc(c(Cl)c3)Oc3cc2cc(c3O[C@@H]2O[C@H](CSc3nc(C)cc(O)n3)[C@@H](O)[C@H](O)[C@H]2O[C@H]2C[C@](C)(NCc3ccc(-c4ccc(Cl)cc4)cc3)[C@H](O)[C@H](C)O2)Oc2ccc(cc2Cl)[C@H]1O. The summed E-state index contributed by atoms with van der Waals surface area (Å²) in [5.74, 6) is -16.8. The molecule has 15 rings (SSSR count). The summed E-state index contributed by atoms with van der Waals surface area (Å²) in [4.78, 5) is 127. The number of halogens is 3. The number of ether oxygens (including phenoxy) is 6. The fourth-order valence-corrected chi connectivity index (χ4v) is 16.7. The highest BCUT2D eigenvalue weighted by Gasteiger charge is 2.53. The van der Waals surface area contributed by atoms with Gasteiger partial charge in [-0.3, -0.25) is 33.6 Å². The smallest absolute Gasteiger partial charge is 0.330 e. The fraction of sp³-hybridized carbons (Fsp3) is 0.357. The summed E-state index contributed by atoms with van der Waals surface area (Å²) in [7, 11) is 1.48. The molecule has 7 aliphatic heterocycles. The summed E-state index contributed by atoms with van der Waals surface area (Å²) in [6.45, 7) is 8.73. The van der Waals surface area contributed by atoms with Crippen molar-refractivity contribution >= 4 is 93.9 Å². The number of hydrogen-bond acceptors (Lipinski definition) is 28. The van der Waals surface area contributed by atoms with Crippen molar-refractivity contribution in [1.29, 1.82) is 0 Å². The first-order chi connectivity index (χ1) is 58.4. The van der Waals surface area contributed by atoms with Gasteiger partial charge in [0.05, 0.1) is 40.8 Å². The number of aliphatic carboxylic acids is 1. The molecule has 0 spiro atoms. The zero-order valence-corrected chi connectivity index (χ0v) is 69.4. The first kappa shape index (κ1) is 89.6. The van der Waals surface area contributed by atoms with Gasteiger partial charge in [-0.1, -0.05) is 115 Å². The van der Waals surface area contributed by atoms with E-state index in [9.17, 15) is 65.4 Å². The second-order valence-corrected chi connectivity index (χ2v) is 33.2. The minimum Gasteiger partial charge on any atom is -0.508 e. The Morgan fingerprint density at radius 2 is 1.29 bits per heavy atom. The molecule has 0 aliphatic carbocycles. The van der Waals surface area contributed by atoms with Gasteiger partial charge in [0.1, 0.15) is 83.4 Å². The number of aromatic hydroxyl groups is 4. The first-order valence-electron chi connectivity index (χ1n) is 38.7. The van der Waals surface area contributed by atoms with Crippen LogP contribution in [0.4, 0.5) is 0 Å². The Hall–Kier alpha value is -11.2. The molecule has 123 heavy (non-hydrogen) atoms. The van der Waals surface area contributed by atoms with Crippen LogP contribution in [0.1, 0.15) is 116 Å². The molecule has 1 aromatic heterocycles. The Kier molecular flexibility index (Phi) is 27.3. The average Bonchev–Trinajstić information content (AvgIpc) is 0.766.